The van der Waals surface area contributed by atoms with Gasteiger partial charge in [0.05, 0.1) is 5.41 Å². The molecule has 0 atom stereocenters. The van der Waals surface area contributed by atoms with Crippen molar-refractivity contribution < 1.29 is 4.42 Å². The van der Waals surface area contributed by atoms with Crippen molar-refractivity contribution in [2.75, 3.05) is 4.90 Å². The van der Waals surface area contributed by atoms with Gasteiger partial charge >= 0.3 is 0 Å². The Balaban J connectivity index is 0.806. The van der Waals surface area contributed by atoms with Gasteiger partial charge in [-0.15, -0.1) is 11.3 Å². The first-order valence-electron chi connectivity index (χ1n) is 26.0. The topological polar surface area (TPSA) is 16.4 Å². The monoisotopic (exact) mass is 985 g/mol. The van der Waals surface area contributed by atoms with E-state index in [4.69, 9.17) is 4.42 Å². The number of nitrogens with zero attached hydrogens (tertiary/aromatic N) is 1. The standard InChI is InChI=1S/C73H47NOS/c1-3-14-55(15-4-1)73(56-16-5-2-6-17-56)67-23-10-7-18-61(67)65-47-59(43-44-68(65)73)74(57-39-34-50(35-40-57)48-26-28-52(29-27-48)54-38-45-71-66(46-54)63-20-9-12-25-70(63)76-71)58-41-36-51(37-42-58)49-30-32-53(33-31-49)60-21-13-22-64-62-19-8-11-24-69(62)75-72(60)64/h1-47H. The number of hydrogen-bond donors (Lipinski definition) is 0. The van der Waals surface area contributed by atoms with Crippen molar-refractivity contribution in [2.24, 2.45) is 0 Å². The van der Waals surface area contributed by atoms with Gasteiger partial charge in [0.2, 0.25) is 0 Å². The molecule has 0 amide bonds. The van der Waals surface area contributed by atoms with Crippen molar-refractivity contribution >= 4 is 70.5 Å². The molecule has 76 heavy (non-hydrogen) atoms. The Bertz CT molecular complexity index is 4440. The summed E-state index contributed by atoms with van der Waals surface area (Å²) >= 11 is 1.86. The summed E-state index contributed by atoms with van der Waals surface area (Å²) in [7, 11) is 0. The molecule has 14 aromatic rings. The Morgan fingerprint density at radius 1 is 0.289 bits per heavy atom. The Labute approximate surface area is 445 Å². The highest BCUT2D eigenvalue weighted by Crippen LogP contribution is 2.57. The van der Waals surface area contributed by atoms with E-state index in [0.717, 1.165) is 61.3 Å². The van der Waals surface area contributed by atoms with E-state index in [1.54, 1.807) is 0 Å². The van der Waals surface area contributed by atoms with Gasteiger partial charge in [-0.25, -0.2) is 0 Å². The van der Waals surface area contributed by atoms with E-state index in [1.165, 1.54) is 75.8 Å². The van der Waals surface area contributed by atoms with Gasteiger partial charge in [0.15, 0.2) is 0 Å². The summed E-state index contributed by atoms with van der Waals surface area (Å²) in [5, 5.41) is 4.92. The van der Waals surface area contributed by atoms with Crippen LogP contribution in [0, 0.1) is 0 Å². The molecule has 0 saturated heterocycles. The van der Waals surface area contributed by atoms with Crippen molar-refractivity contribution in [3.05, 3.63) is 307 Å². The highest BCUT2D eigenvalue weighted by molar-refractivity contribution is 7.25. The molecule has 0 radical (unpaired) electrons. The quantitative estimate of drug-likeness (QED) is 0.143. The first-order chi connectivity index (χ1) is 37.7. The number of hydrogen-bond acceptors (Lipinski definition) is 3. The minimum atomic E-state index is -0.476. The lowest BCUT2D eigenvalue weighted by Gasteiger charge is -2.34. The van der Waals surface area contributed by atoms with Gasteiger partial charge in [-0.05, 0) is 133 Å². The summed E-state index contributed by atoms with van der Waals surface area (Å²) in [4.78, 5) is 2.41. The SMILES string of the molecule is c1ccc(C2(c3ccccc3)c3ccccc3-c3cc(N(c4ccc(-c5ccc(-c6ccc7sc8ccccc8c7c6)cc5)cc4)c4ccc(-c5ccc(-c6cccc7c6oc6ccccc67)cc5)cc4)ccc32)cc1. The lowest BCUT2D eigenvalue weighted by Crippen LogP contribution is -2.28. The lowest BCUT2D eigenvalue weighted by molar-refractivity contribution is 0.670. The summed E-state index contributed by atoms with van der Waals surface area (Å²) in [6, 6.07) is 104. The van der Waals surface area contributed by atoms with E-state index in [1.807, 2.05) is 23.5 Å². The molecule has 2 nitrogen and oxygen atoms in total. The first kappa shape index (κ1) is 44.0. The highest BCUT2D eigenvalue weighted by Gasteiger charge is 2.46. The summed E-state index contributed by atoms with van der Waals surface area (Å²) in [5.41, 5.74) is 21.5. The molecular formula is C73H47NOS. The van der Waals surface area contributed by atoms with Crippen LogP contribution >= 0.6 is 11.3 Å². The first-order valence-corrected chi connectivity index (χ1v) is 26.9. The van der Waals surface area contributed by atoms with Crippen LogP contribution in [0.5, 0.6) is 0 Å². The molecule has 0 spiro atoms. The number of anilines is 3. The predicted molar refractivity (Wildman–Crippen MR) is 320 cm³/mol. The Morgan fingerprint density at radius 2 is 0.763 bits per heavy atom. The third-order valence-electron chi connectivity index (χ3n) is 15.8. The fourth-order valence-electron chi connectivity index (χ4n) is 12.2. The molecule has 12 aromatic carbocycles. The normalized spacial score (nSPS) is 12.6. The lowest BCUT2D eigenvalue weighted by atomic mass is 9.68. The molecule has 0 unspecified atom stereocenters. The van der Waals surface area contributed by atoms with Crippen molar-refractivity contribution in [1.29, 1.82) is 0 Å². The average molecular weight is 986 g/mol. The van der Waals surface area contributed by atoms with E-state index in [-0.39, 0.29) is 0 Å². The minimum Gasteiger partial charge on any atom is -0.455 e. The Kier molecular flexibility index (Phi) is 10.3. The summed E-state index contributed by atoms with van der Waals surface area (Å²) in [5.74, 6) is 0. The molecule has 0 N–H and O–H groups in total. The average Bonchev–Trinajstić information content (AvgIpc) is 4.18. The summed E-state index contributed by atoms with van der Waals surface area (Å²) in [6.45, 7) is 0. The Hall–Kier alpha value is -9.54. The van der Waals surface area contributed by atoms with Gasteiger partial charge in [-0.1, -0.05) is 224 Å². The number of benzene rings is 12. The van der Waals surface area contributed by atoms with Crippen molar-refractivity contribution in [3.8, 4) is 55.6 Å². The van der Waals surface area contributed by atoms with Crippen LogP contribution < -0.4 is 4.90 Å². The van der Waals surface area contributed by atoms with Gasteiger partial charge in [0.25, 0.3) is 0 Å². The van der Waals surface area contributed by atoms with Crippen LogP contribution in [0.4, 0.5) is 17.1 Å². The Morgan fingerprint density at radius 3 is 1.43 bits per heavy atom. The van der Waals surface area contributed by atoms with Gasteiger partial charge in [0.1, 0.15) is 11.2 Å². The van der Waals surface area contributed by atoms with Crippen molar-refractivity contribution in [3.63, 3.8) is 0 Å². The van der Waals surface area contributed by atoms with Crippen molar-refractivity contribution in [2.45, 2.75) is 5.41 Å². The third kappa shape index (κ3) is 7.08. The van der Waals surface area contributed by atoms with Crippen LogP contribution in [0.25, 0.3) is 97.7 Å². The van der Waals surface area contributed by atoms with Gasteiger partial charge < -0.3 is 9.32 Å². The van der Waals surface area contributed by atoms with Crippen LogP contribution in [0.2, 0.25) is 0 Å². The zero-order valence-corrected chi connectivity index (χ0v) is 42.2. The molecule has 15 rings (SSSR count). The zero-order chi connectivity index (χ0) is 50.2. The minimum absolute atomic E-state index is 0.476. The third-order valence-corrected chi connectivity index (χ3v) is 17.0. The number of rotatable bonds is 9. The van der Waals surface area contributed by atoms with Crippen LogP contribution in [0.1, 0.15) is 22.3 Å². The van der Waals surface area contributed by atoms with E-state index in [2.05, 4.69) is 278 Å². The smallest absolute Gasteiger partial charge is 0.143 e. The molecular weight excluding hydrogens is 939 g/mol. The fraction of sp³-hybridized carbons (Fsp3) is 0.0137. The predicted octanol–water partition coefficient (Wildman–Crippen LogP) is 20.5. The molecule has 0 bridgehead atoms. The van der Waals surface area contributed by atoms with Crippen LogP contribution in [-0.2, 0) is 5.41 Å². The van der Waals surface area contributed by atoms with Gasteiger partial charge in [-0.2, -0.15) is 0 Å². The van der Waals surface area contributed by atoms with E-state index in [9.17, 15) is 0 Å². The number of para-hydroxylation sites is 2. The maximum atomic E-state index is 6.42. The molecule has 0 saturated carbocycles. The second-order valence-corrected chi connectivity index (χ2v) is 21.0. The number of furan rings is 1. The molecule has 2 heterocycles. The molecule has 3 heteroatoms. The summed E-state index contributed by atoms with van der Waals surface area (Å²) < 4.78 is 9.07. The maximum absolute atomic E-state index is 6.42. The van der Waals surface area contributed by atoms with E-state index in [0.29, 0.717) is 0 Å². The second kappa shape index (κ2) is 17.8. The maximum Gasteiger partial charge on any atom is 0.143 e. The molecule has 356 valence electrons. The largest absolute Gasteiger partial charge is 0.455 e. The van der Waals surface area contributed by atoms with Gasteiger partial charge in [0, 0.05) is 53.6 Å². The molecule has 1 aliphatic carbocycles. The zero-order valence-electron chi connectivity index (χ0n) is 41.4. The van der Waals surface area contributed by atoms with Crippen LogP contribution in [-0.4, -0.2) is 0 Å². The number of fused-ring (bicyclic) bond motifs is 9. The molecule has 0 fully saturated rings. The van der Waals surface area contributed by atoms with Crippen molar-refractivity contribution in [1.82, 2.24) is 0 Å². The fourth-order valence-corrected chi connectivity index (χ4v) is 13.3. The van der Waals surface area contributed by atoms with E-state index < -0.39 is 5.41 Å². The molecule has 1 aliphatic rings. The second-order valence-electron chi connectivity index (χ2n) is 19.9. The molecule has 0 aliphatic heterocycles. The number of thiophene rings is 1. The van der Waals surface area contributed by atoms with Gasteiger partial charge in [-0.3, -0.25) is 0 Å². The molecule has 2 aromatic heterocycles. The van der Waals surface area contributed by atoms with Crippen LogP contribution in [0.3, 0.4) is 0 Å². The van der Waals surface area contributed by atoms with Crippen LogP contribution in [0.15, 0.2) is 290 Å². The van der Waals surface area contributed by atoms with E-state index >= 15 is 0 Å². The highest BCUT2D eigenvalue weighted by atomic mass is 32.1. The summed E-state index contributed by atoms with van der Waals surface area (Å²) in [6.07, 6.45) is 0.